The summed E-state index contributed by atoms with van der Waals surface area (Å²) in [5.74, 6) is 11.0. The van der Waals surface area contributed by atoms with Gasteiger partial charge in [0.2, 0.25) is 9.05 Å². The van der Waals surface area contributed by atoms with Crippen LogP contribution in [0, 0.1) is 135 Å². The van der Waals surface area contributed by atoms with E-state index in [4.69, 9.17) is 10.8 Å². The molecule has 4 aromatic heterocycles. The molecule has 6 unspecified atom stereocenters. The second-order valence-corrected chi connectivity index (χ2v) is 42.7. The molecule has 28 rings (SSSR count). The fraction of sp³-hybridized carbons (Fsp3) is 0.559. The molecule has 594 valence electrons. The minimum absolute atomic E-state index is 0. The fourth-order valence-corrected chi connectivity index (χ4v) is 29.0. The average molecular weight is 1800 g/mol. The van der Waals surface area contributed by atoms with Crippen LogP contribution >= 0.6 is 10.7 Å². The molecule has 20 heteroatoms. The summed E-state index contributed by atoms with van der Waals surface area (Å²) in [6.07, 6.45) is 62.5. The molecule has 1 N–H and O–H groups in total. The predicted molar refractivity (Wildman–Crippen MR) is 447 cm³/mol. The molecule has 20 aliphatic rings. The molecule has 0 amide bonds. The van der Waals surface area contributed by atoms with Gasteiger partial charge >= 0.3 is 0 Å². The van der Waals surface area contributed by atoms with Gasteiger partial charge in [0.05, 0.1) is 128 Å². The number of hydrogen-bond donors (Lipinski definition) is 1. The van der Waals surface area contributed by atoms with E-state index in [0.717, 1.165) is 109 Å². The van der Waals surface area contributed by atoms with Crippen molar-refractivity contribution in [2.45, 2.75) is 218 Å². The maximum atomic E-state index is 12.3. The Labute approximate surface area is 703 Å². The molecule has 8 heterocycles. The summed E-state index contributed by atoms with van der Waals surface area (Å²) in [5, 5.41) is 18.7. The van der Waals surface area contributed by atoms with Gasteiger partial charge in [-0.2, -0.15) is 13.7 Å². The van der Waals surface area contributed by atoms with E-state index in [1.807, 2.05) is 50.1 Å². The number of rotatable bonds is 12. The number of allylic oxidation sites excluding steroid dienone is 4. The molecule has 0 saturated heterocycles. The van der Waals surface area contributed by atoms with Crippen LogP contribution in [0.3, 0.4) is 0 Å². The summed E-state index contributed by atoms with van der Waals surface area (Å²) in [5.41, 5.74) is 16.8. The normalized spacial score (nSPS) is 34.7. The van der Waals surface area contributed by atoms with Gasteiger partial charge in [0, 0.05) is 87.2 Å². The van der Waals surface area contributed by atoms with Crippen molar-refractivity contribution >= 4 is 38.2 Å². The Hall–Kier alpha value is -6.08. The van der Waals surface area contributed by atoms with Crippen LogP contribution in [0.25, 0.3) is 45.0 Å². The molecule has 16 bridgehead atoms. The molecule has 16 fully saturated rings. The summed E-state index contributed by atoms with van der Waals surface area (Å²) in [4.78, 5) is 17.5. The van der Waals surface area contributed by atoms with Crippen molar-refractivity contribution in [1.29, 1.82) is 6.60 Å². The third-order valence-corrected chi connectivity index (χ3v) is 31.0. The van der Waals surface area contributed by atoms with Crippen molar-refractivity contribution in [1.82, 2.24) is 38.2 Å². The molecule has 4 aliphatic heterocycles. The van der Waals surface area contributed by atoms with E-state index in [-0.39, 0.29) is 75.1 Å². The number of benzene rings is 4. The van der Waals surface area contributed by atoms with Gasteiger partial charge in [0.15, 0.2) is 0 Å². The van der Waals surface area contributed by atoms with E-state index in [2.05, 4.69) is 179 Å². The van der Waals surface area contributed by atoms with Crippen LogP contribution < -0.4 is 0 Å². The molecule has 8 aromatic rings. The Balaban J connectivity index is 0.000000115. The van der Waals surface area contributed by atoms with E-state index in [1.165, 1.54) is 210 Å². The molecule has 6 atom stereocenters. The van der Waals surface area contributed by atoms with Crippen LogP contribution in [-0.2, 0) is 23.4 Å². The van der Waals surface area contributed by atoms with Crippen LogP contribution in [-0.4, -0.2) is 94.6 Å². The number of halogens is 1. The molecule has 113 heavy (non-hydrogen) atoms. The summed E-state index contributed by atoms with van der Waals surface area (Å²) in [6.45, 7) is 1.43. The van der Waals surface area contributed by atoms with E-state index in [9.17, 15) is 21.9 Å². The Bertz CT molecular complexity index is 4850. The molecule has 15 nitrogen and oxygen atoms in total. The van der Waals surface area contributed by atoms with E-state index in [1.54, 1.807) is 6.07 Å². The number of aliphatic hydroxyl groups excluding tert-OH is 1. The summed E-state index contributed by atoms with van der Waals surface area (Å²) < 4.78 is 63.8. The SMILES string of the molecule is C.C(=C\C12CC3CC(CC(C3)C1)C2)/C1c2ccccc2-c2cncn21.C(=C\C12CC3CC(CC(C3)C1)C2)/C1c2ccccc2-c2cncn21.CC#N.CS(=O)(=O)Cl.CS(=O)(=O)OC(CC1c2ccccc2-c2cncn21)C12CC3CC(CC(C3)C1)C2.OC(CC1c2ccccc2-c2cncn21)C12CC3CC(CC(C3)C1)C2.[2H][B].[HH].[U]. The second-order valence-electron chi connectivity index (χ2n) is 38.0. The van der Waals surface area contributed by atoms with Crippen LogP contribution in [0.2, 0.25) is 0 Å². The largest absolute Gasteiger partial charge is 0.392 e. The van der Waals surface area contributed by atoms with E-state index >= 15 is 0 Å². The number of aromatic nitrogens is 8. The van der Waals surface area contributed by atoms with Crippen molar-refractivity contribution in [3.8, 4) is 51.1 Å². The van der Waals surface area contributed by atoms with E-state index < -0.39 is 19.2 Å². The quantitative estimate of drug-likeness (QED) is 0.0529. The van der Waals surface area contributed by atoms with Gasteiger partial charge in [0.1, 0.15) is 0 Å². The Kier molecular flexibility index (Phi) is 22.2. The van der Waals surface area contributed by atoms with Gasteiger partial charge in [-0.15, -0.1) is 0 Å². The second kappa shape index (κ2) is 31.7. The standard InChI is InChI=1S/C23H28N2O3S.C22H26N2O.2C22H24N2.C2H3N.CH3ClO2S.CH4.BH.U.H2/c1-29(26,27)28-22(23-10-15-6-16(11-23)8-17(7-15)12-23)9-20-18-4-2-3-5-19(18)21-13-24-14-25(20)21;25-21(22-9-14-5-15(10-22)7-16(6-14)11-22)8-19-17-3-1-2-4-18(17)20-12-23-13-24(19)20;2*1-2-4-19-18(3-1)20(24-14-23-13-21(19)24)5-6-22-10-15-7-16(11-22)9-17(8-15)12-22;1-2-3;1-5(2,3)4;;;;/h2-5,13-17,20,22H,6-12H2,1H3;1-4,12-16,19,21,25H,5-11H2;2*1-6,13-17,20H,7-12H2;1H3;1H3;1H4;1H;;1H/b;;2*6-5+;;;;;;/i;;;;;;;1D;;. The molecule has 2 radical (unpaired) electrons. The van der Waals surface area contributed by atoms with Gasteiger partial charge in [-0.05, 0) is 277 Å². The van der Waals surface area contributed by atoms with Crippen molar-refractivity contribution in [3.63, 3.8) is 0 Å². The Morgan fingerprint density at radius 3 is 1.06 bits per heavy atom. The minimum atomic E-state index is -3.52. The maximum absolute atomic E-state index is 12.3. The number of nitriles is 1. The smallest absolute Gasteiger partial charge is 0.264 e. The van der Waals surface area contributed by atoms with Gasteiger partial charge < -0.3 is 23.4 Å². The summed E-state index contributed by atoms with van der Waals surface area (Å²) >= 11 is 0. The zero-order valence-corrected chi connectivity index (χ0v) is 71.8. The molecular formula is C93H115BClN9O6S2U. The number of fused-ring (bicyclic) bond motifs is 12. The van der Waals surface area contributed by atoms with Gasteiger partial charge in [0.25, 0.3) is 10.1 Å². The molecule has 16 saturated carbocycles. The number of imidazole rings is 4. The molecule has 16 aliphatic carbocycles. The van der Waals surface area contributed by atoms with Crippen LogP contribution in [0.5, 0.6) is 0 Å². The first-order valence-electron chi connectivity index (χ1n) is 42.3. The maximum Gasteiger partial charge on any atom is 0.264 e. The van der Waals surface area contributed by atoms with Crippen LogP contribution in [0.15, 0.2) is 171 Å². The third-order valence-electron chi connectivity index (χ3n) is 30.4. The number of aliphatic hydroxyl groups is 1. The zero-order chi connectivity index (χ0) is 77.1. The number of hydrogen-bond acceptors (Lipinski definition) is 11. The van der Waals surface area contributed by atoms with Gasteiger partial charge in [-0.25, -0.2) is 28.4 Å². The van der Waals surface area contributed by atoms with Crippen molar-refractivity contribution < 1.29 is 58.7 Å². The first kappa shape index (κ1) is 79.4. The van der Waals surface area contributed by atoms with E-state index in [0.29, 0.717) is 29.3 Å². The van der Waals surface area contributed by atoms with Crippen molar-refractivity contribution in [3.05, 3.63) is 194 Å². The van der Waals surface area contributed by atoms with Gasteiger partial charge in [-0.1, -0.05) is 129 Å². The first-order chi connectivity index (χ1) is 54.1. The molecule has 0 spiro atoms. The number of nitrogens with zero attached hydrogens (tertiary/aromatic N) is 9. The monoisotopic (exact) mass is 1800 g/mol. The zero-order valence-electron chi connectivity index (χ0n) is 66.2. The van der Waals surface area contributed by atoms with Crippen LogP contribution in [0.4, 0.5) is 0 Å². The third kappa shape index (κ3) is 15.6. The average Bonchev–Trinajstić information content (AvgIpc) is 1.56. The fourth-order valence-electron chi connectivity index (χ4n) is 28.3. The Morgan fingerprint density at radius 2 is 0.743 bits per heavy atom. The van der Waals surface area contributed by atoms with Crippen molar-refractivity contribution in [2.75, 3.05) is 12.5 Å². The molecular weight excluding hydrogens is 1690 g/mol. The molecule has 4 aromatic carbocycles. The summed E-state index contributed by atoms with van der Waals surface area (Å²) in [7, 11) is 1.53. The van der Waals surface area contributed by atoms with Crippen LogP contribution in [0.1, 0.15) is 229 Å². The van der Waals surface area contributed by atoms with Crippen molar-refractivity contribution in [2.24, 2.45) is 92.7 Å². The minimum Gasteiger partial charge on any atom is -0.392 e. The topological polar surface area (TPSA) is 193 Å². The Morgan fingerprint density at radius 1 is 0.487 bits per heavy atom. The first-order valence-corrected chi connectivity index (χ1v) is 46.3. The summed E-state index contributed by atoms with van der Waals surface area (Å²) in [6, 6.07) is 37.5. The van der Waals surface area contributed by atoms with Gasteiger partial charge in [-0.3, -0.25) is 4.18 Å². The predicted octanol–water partition coefficient (Wildman–Crippen LogP) is 20.2.